The number of carbonyl (C=O) groups excluding carboxylic acids is 1. The third-order valence-electron chi connectivity index (χ3n) is 7.09. The maximum Gasteiger partial charge on any atom is 0.338 e. The smallest absolute Gasteiger partial charge is 0.338 e. The van der Waals surface area contributed by atoms with Crippen LogP contribution in [0.4, 0.5) is 0 Å². The number of hydrogen-bond acceptors (Lipinski definition) is 3. The van der Waals surface area contributed by atoms with Crippen LogP contribution in [0.1, 0.15) is 148 Å². The number of ether oxygens (including phenoxy) is 1. The van der Waals surface area contributed by atoms with E-state index in [9.17, 15) is 9.90 Å². The Bertz CT molecular complexity index is 694. The van der Waals surface area contributed by atoms with Crippen LogP contribution in [0.2, 0.25) is 0 Å². The van der Waals surface area contributed by atoms with E-state index >= 15 is 0 Å². The first-order chi connectivity index (χ1) is 16.0. The van der Waals surface area contributed by atoms with Crippen LogP contribution in [0, 0.1) is 11.3 Å². The van der Waals surface area contributed by atoms with Crippen molar-refractivity contribution >= 4 is 5.97 Å². The van der Waals surface area contributed by atoms with Gasteiger partial charge in [0.25, 0.3) is 0 Å². The summed E-state index contributed by atoms with van der Waals surface area (Å²) in [7, 11) is 0. The number of rotatable bonds is 16. The highest BCUT2D eigenvalue weighted by Gasteiger charge is 2.26. The Balaban J connectivity index is 2.36. The molecular weight excluding hydrogens is 420 g/mol. The van der Waals surface area contributed by atoms with Crippen LogP contribution in [0.5, 0.6) is 5.75 Å². The molecule has 1 atom stereocenters. The second-order valence-corrected chi connectivity index (χ2v) is 12.3. The third-order valence-corrected chi connectivity index (χ3v) is 7.09. The normalized spacial score (nSPS) is 13.1. The number of aromatic hydroxyl groups is 1. The van der Waals surface area contributed by atoms with Crippen molar-refractivity contribution in [1.82, 2.24) is 0 Å². The Morgan fingerprint density at radius 3 is 1.79 bits per heavy atom. The van der Waals surface area contributed by atoms with Crippen molar-refractivity contribution in [2.75, 3.05) is 6.61 Å². The second-order valence-electron chi connectivity index (χ2n) is 12.3. The van der Waals surface area contributed by atoms with Crippen LogP contribution in [-0.4, -0.2) is 17.7 Å². The molecule has 196 valence electrons. The van der Waals surface area contributed by atoms with Gasteiger partial charge in [-0.1, -0.05) is 126 Å². The number of phenolic OH excluding ortho intramolecular Hbond substituents is 1. The Hall–Kier alpha value is -1.51. The summed E-state index contributed by atoms with van der Waals surface area (Å²) in [4.78, 5) is 12.7. The monoisotopic (exact) mass is 474 g/mol. The quantitative estimate of drug-likeness (QED) is 0.191. The van der Waals surface area contributed by atoms with Gasteiger partial charge in [-0.15, -0.1) is 0 Å². The number of carbonyl (C=O) groups is 1. The predicted octanol–water partition coefficient (Wildman–Crippen LogP) is 9.60. The van der Waals surface area contributed by atoms with E-state index in [1.165, 1.54) is 77.0 Å². The summed E-state index contributed by atoms with van der Waals surface area (Å²) in [6.45, 7) is 15.5. The molecule has 0 aromatic heterocycles. The first-order valence-corrected chi connectivity index (χ1v) is 14.0. The van der Waals surface area contributed by atoms with Gasteiger partial charge >= 0.3 is 5.97 Å². The lowest BCUT2D eigenvalue weighted by Gasteiger charge is -2.30. The molecule has 0 bridgehead atoms. The van der Waals surface area contributed by atoms with E-state index < -0.39 is 0 Å². The molecule has 0 spiro atoms. The van der Waals surface area contributed by atoms with Crippen molar-refractivity contribution in [3.63, 3.8) is 0 Å². The third kappa shape index (κ3) is 12.3. The number of benzene rings is 1. The van der Waals surface area contributed by atoms with Crippen LogP contribution in [0.3, 0.4) is 0 Å². The van der Waals surface area contributed by atoms with Gasteiger partial charge in [0.2, 0.25) is 0 Å². The maximum atomic E-state index is 12.7. The molecule has 34 heavy (non-hydrogen) atoms. The summed E-state index contributed by atoms with van der Waals surface area (Å²) >= 11 is 0. The van der Waals surface area contributed by atoms with Gasteiger partial charge in [-0.3, -0.25) is 0 Å². The molecule has 0 aliphatic rings. The van der Waals surface area contributed by atoms with E-state index in [1.807, 2.05) is 20.8 Å². The van der Waals surface area contributed by atoms with Gasteiger partial charge in [0.1, 0.15) is 5.75 Å². The van der Waals surface area contributed by atoms with Crippen molar-refractivity contribution in [1.29, 1.82) is 0 Å². The van der Waals surface area contributed by atoms with E-state index in [1.54, 1.807) is 18.2 Å². The highest BCUT2D eigenvalue weighted by atomic mass is 16.5. The number of phenols is 1. The Labute approximate surface area is 211 Å². The Morgan fingerprint density at radius 1 is 0.824 bits per heavy atom. The lowest BCUT2D eigenvalue weighted by molar-refractivity contribution is 0.0311. The summed E-state index contributed by atoms with van der Waals surface area (Å²) in [5.74, 6) is 0.275. The van der Waals surface area contributed by atoms with E-state index in [0.29, 0.717) is 18.1 Å². The first kappa shape index (κ1) is 30.5. The molecule has 0 radical (unpaired) electrons. The molecule has 1 aromatic rings. The molecule has 1 aromatic carbocycles. The molecule has 0 saturated heterocycles. The summed E-state index contributed by atoms with van der Waals surface area (Å²) in [5.41, 5.74) is 1.15. The summed E-state index contributed by atoms with van der Waals surface area (Å²) in [6, 6.07) is 5.03. The molecule has 0 saturated carbocycles. The molecule has 0 aliphatic carbocycles. The summed E-state index contributed by atoms with van der Waals surface area (Å²) in [6.07, 6.45) is 17.3. The molecule has 0 fully saturated rings. The van der Waals surface area contributed by atoms with Crippen molar-refractivity contribution in [2.45, 2.75) is 137 Å². The van der Waals surface area contributed by atoms with Crippen LogP contribution < -0.4 is 0 Å². The van der Waals surface area contributed by atoms with Crippen molar-refractivity contribution in [3.8, 4) is 5.75 Å². The van der Waals surface area contributed by atoms with E-state index in [4.69, 9.17) is 4.74 Å². The Morgan fingerprint density at radius 2 is 1.32 bits per heavy atom. The Kier molecular flexibility index (Phi) is 13.9. The van der Waals surface area contributed by atoms with Crippen LogP contribution in [-0.2, 0) is 10.2 Å². The van der Waals surface area contributed by atoms with Crippen molar-refractivity contribution < 1.29 is 14.6 Å². The summed E-state index contributed by atoms with van der Waals surface area (Å²) < 4.78 is 5.76. The zero-order chi connectivity index (χ0) is 25.6. The molecule has 3 nitrogen and oxygen atoms in total. The predicted molar refractivity (Wildman–Crippen MR) is 146 cm³/mol. The fraction of sp³-hybridized carbons (Fsp3) is 0.774. The fourth-order valence-corrected chi connectivity index (χ4v) is 4.52. The lowest BCUT2D eigenvalue weighted by Crippen LogP contribution is -2.27. The lowest BCUT2D eigenvalue weighted by atomic mass is 9.78. The molecule has 3 heteroatoms. The van der Waals surface area contributed by atoms with E-state index in [2.05, 4.69) is 27.7 Å². The van der Waals surface area contributed by atoms with Gasteiger partial charge in [-0.2, -0.15) is 0 Å². The standard InChI is InChI=1S/C31H54O3/c1-8-9-10-11-12-13-14-15-16-17-18-19-20-26(30(2,3)4)24-34-29(33)25-21-22-28(32)27(23-25)31(5,6)7/h21-23,26,32H,8-20,24H2,1-7H3. The average molecular weight is 475 g/mol. The largest absolute Gasteiger partial charge is 0.508 e. The summed E-state index contributed by atoms with van der Waals surface area (Å²) in [5, 5.41) is 10.2. The van der Waals surface area contributed by atoms with Gasteiger partial charge in [-0.25, -0.2) is 4.79 Å². The van der Waals surface area contributed by atoms with Gasteiger partial charge in [-0.05, 0) is 41.4 Å². The molecule has 1 rings (SSSR count). The minimum atomic E-state index is -0.297. The molecule has 0 aliphatic heterocycles. The van der Waals surface area contributed by atoms with Gasteiger partial charge in [0.15, 0.2) is 0 Å². The van der Waals surface area contributed by atoms with E-state index in [-0.39, 0.29) is 22.5 Å². The maximum absolute atomic E-state index is 12.7. The van der Waals surface area contributed by atoms with Crippen molar-refractivity contribution in [3.05, 3.63) is 29.3 Å². The van der Waals surface area contributed by atoms with Crippen LogP contribution in [0.15, 0.2) is 18.2 Å². The fourth-order valence-electron chi connectivity index (χ4n) is 4.52. The second kappa shape index (κ2) is 15.5. The SMILES string of the molecule is CCCCCCCCCCCCCCC(COC(=O)c1ccc(O)c(C(C)(C)C)c1)C(C)(C)C. The molecule has 0 amide bonds. The zero-order valence-corrected chi connectivity index (χ0v) is 23.5. The molecule has 1 N–H and O–H groups in total. The number of unbranched alkanes of at least 4 members (excludes halogenated alkanes) is 11. The molecule has 0 heterocycles. The van der Waals surface area contributed by atoms with Crippen molar-refractivity contribution in [2.24, 2.45) is 11.3 Å². The minimum Gasteiger partial charge on any atom is -0.508 e. The topological polar surface area (TPSA) is 46.5 Å². The van der Waals surface area contributed by atoms with E-state index in [0.717, 1.165) is 12.0 Å². The highest BCUT2D eigenvalue weighted by Crippen LogP contribution is 2.33. The van der Waals surface area contributed by atoms with Crippen LogP contribution in [0.25, 0.3) is 0 Å². The van der Waals surface area contributed by atoms with Gasteiger partial charge in [0.05, 0.1) is 12.2 Å². The number of esters is 1. The molecular formula is C31H54O3. The van der Waals surface area contributed by atoms with Gasteiger partial charge in [0, 0.05) is 5.56 Å². The minimum absolute atomic E-state index is 0.101. The molecule has 1 unspecified atom stereocenters. The van der Waals surface area contributed by atoms with Crippen LogP contribution >= 0.6 is 0 Å². The number of hydrogen-bond donors (Lipinski definition) is 1. The average Bonchev–Trinajstić information content (AvgIpc) is 2.74. The first-order valence-electron chi connectivity index (χ1n) is 14.0. The van der Waals surface area contributed by atoms with Gasteiger partial charge < -0.3 is 9.84 Å². The highest BCUT2D eigenvalue weighted by molar-refractivity contribution is 5.90. The zero-order valence-electron chi connectivity index (χ0n) is 23.5.